The molecule has 1 saturated heterocycles. The molecule has 0 aromatic rings. The first-order chi connectivity index (χ1) is 6.18. The summed E-state index contributed by atoms with van der Waals surface area (Å²) >= 11 is 0. The summed E-state index contributed by atoms with van der Waals surface area (Å²) in [6, 6.07) is 0. The van der Waals surface area contributed by atoms with Gasteiger partial charge in [0.25, 0.3) is 0 Å². The van der Waals surface area contributed by atoms with Crippen molar-refractivity contribution in [3.8, 4) is 0 Å². The van der Waals surface area contributed by atoms with Gasteiger partial charge in [0.1, 0.15) is 5.54 Å². The van der Waals surface area contributed by atoms with Crippen LogP contribution in [0.2, 0.25) is 0 Å². The highest BCUT2D eigenvalue weighted by atomic mass is 16.7. The minimum absolute atomic E-state index is 0.0546. The van der Waals surface area contributed by atoms with Crippen molar-refractivity contribution in [2.45, 2.75) is 12.0 Å². The molecule has 0 bridgehead atoms. The summed E-state index contributed by atoms with van der Waals surface area (Å²) in [5.41, 5.74) is -0.500. The third-order valence-electron chi connectivity index (χ3n) is 2.29. The number of hydrogen-bond acceptors (Lipinski definition) is 3. The Kier molecular flexibility index (Phi) is 1.60. The summed E-state index contributed by atoms with van der Waals surface area (Å²) in [4.78, 5) is 26.8. The second-order valence-electron chi connectivity index (χ2n) is 3.11. The second-order valence-corrected chi connectivity index (χ2v) is 3.11. The lowest BCUT2D eigenvalue weighted by Crippen LogP contribution is -2.61. The molecule has 0 radical (unpaired) electrons. The molecule has 1 amide bonds. The van der Waals surface area contributed by atoms with Gasteiger partial charge in [0.2, 0.25) is 5.91 Å². The Bertz CT molecular complexity index is 314. The van der Waals surface area contributed by atoms with Crippen LogP contribution in [0.4, 0.5) is 0 Å². The lowest BCUT2D eigenvalue weighted by molar-refractivity contribution is -0.223. The first-order valence-corrected chi connectivity index (χ1v) is 3.97. The van der Waals surface area contributed by atoms with Gasteiger partial charge < -0.3 is 0 Å². The van der Waals surface area contributed by atoms with Crippen molar-refractivity contribution >= 4 is 11.7 Å². The molecular formula is C9H9NO3. The van der Waals surface area contributed by atoms with Crippen LogP contribution in [0.5, 0.6) is 0 Å². The zero-order chi connectivity index (χ0) is 9.47. The molecule has 1 spiro atoms. The van der Waals surface area contributed by atoms with Crippen LogP contribution < -0.4 is 0 Å². The molecular weight excluding hydrogens is 170 g/mol. The maximum atomic E-state index is 11.1. The van der Waals surface area contributed by atoms with E-state index >= 15 is 0 Å². The lowest BCUT2D eigenvalue weighted by Gasteiger charge is -2.46. The van der Waals surface area contributed by atoms with Gasteiger partial charge in [-0.2, -0.15) is 0 Å². The molecule has 0 saturated carbocycles. The van der Waals surface area contributed by atoms with E-state index in [4.69, 9.17) is 4.84 Å². The van der Waals surface area contributed by atoms with Crippen LogP contribution in [0.25, 0.3) is 0 Å². The van der Waals surface area contributed by atoms with Gasteiger partial charge >= 0.3 is 0 Å². The predicted molar refractivity (Wildman–Crippen MR) is 44.5 cm³/mol. The maximum Gasteiger partial charge on any atom is 0.250 e. The van der Waals surface area contributed by atoms with Gasteiger partial charge in [-0.15, -0.1) is 0 Å². The topological polar surface area (TPSA) is 46.6 Å². The number of ketones is 1. The van der Waals surface area contributed by atoms with Crippen molar-refractivity contribution in [2.24, 2.45) is 0 Å². The summed E-state index contributed by atoms with van der Waals surface area (Å²) in [7, 11) is 1.44. The molecule has 0 unspecified atom stereocenters. The molecule has 4 nitrogen and oxygen atoms in total. The zero-order valence-electron chi connectivity index (χ0n) is 7.19. The standard InChI is InChI=1S/C9H9NO3/c1-13-10-8(12)6-9(10)4-2-7(11)3-5-9/h2-5H,6H2,1H3. The molecule has 0 atom stereocenters. The highest BCUT2D eigenvalue weighted by Crippen LogP contribution is 2.36. The quantitative estimate of drug-likeness (QED) is 0.541. The number of amides is 1. The van der Waals surface area contributed by atoms with Gasteiger partial charge in [-0.25, -0.2) is 5.06 Å². The number of hydrogen-bond donors (Lipinski definition) is 0. The van der Waals surface area contributed by atoms with E-state index < -0.39 is 5.54 Å². The Morgan fingerprint density at radius 1 is 1.38 bits per heavy atom. The van der Waals surface area contributed by atoms with Crippen LogP contribution >= 0.6 is 0 Å². The number of β-lactam (4-membered cyclic amide) rings is 1. The predicted octanol–water partition coefficient (Wildman–Crippen LogP) is 0.214. The molecule has 0 aromatic heterocycles. The van der Waals surface area contributed by atoms with Crippen molar-refractivity contribution in [3.05, 3.63) is 24.3 Å². The Morgan fingerprint density at radius 3 is 2.46 bits per heavy atom. The van der Waals surface area contributed by atoms with Crippen molar-refractivity contribution in [1.82, 2.24) is 5.06 Å². The first kappa shape index (κ1) is 8.19. The van der Waals surface area contributed by atoms with Crippen molar-refractivity contribution < 1.29 is 14.4 Å². The van der Waals surface area contributed by atoms with Crippen LogP contribution in [0.1, 0.15) is 6.42 Å². The Hall–Kier alpha value is -1.42. The molecule has 68 valence electrons. The average molecular weight is 179 g/mol. The van der Waals surface area contributed by atoms with E-state index in [9.17, 15) is 9.59 Å². The summed E-state index contributed by atoms with van der Waals surface area (Å²) in [6.07, 6.45) is 6.68. The average Bonchev–Trinajstić information content (AvgIpc) is 2.09. The molecule has 1 fully saturated rings. The number of allylic oxidation sites excluding steroid dienone is 2. The molecule has 1 aliphatic heterocycles. The van der Waals surface area contributed by atoms with Gasteiger partial charge in [-0.05, 0) is 24.3 Å². The zero-order valence-corrected chi connectivity index (χ0v) is 7.19. The van der Waals surface area contributed by atoms with Crippen LogP contribution in [-0.4, -0.2) is 29.4 Å². The number of hydroxylamine groups is 2. The molecule has 1 heterocycles. The van der Waals surface area contributed by atoms with E-state index in [2.05, 4.69) is 0 Å². The van der Waals surface area contributed by atoms with E-state index in [-0.39, 0.29) is 11.7 Å². The fourth-order valence-electron chi connectivity index (χ4n) is 1.62. The van der Waals surface area contributed by atoms with Crippen molar-refractivity contribution in [1.29, 1.82) is 0 Å². The molecule has 1 aliphatic carbocycles. The second kappa shape index (κ2) is 2.53. The molecule has 4 heteroatoms. The van der Waals surface area contributed by atoms with Gasteiger partial charge in [-0.1, -0.05) is 0 Å². The largest absolute Gasteiger partial charge is 0.290 e. The summed E-state index contributed by atoms with van der Waals surface area (Å²) in [5, 5.41) is 1.27. The van der Waals surface area contributed by atoms with Gasteiger partial charge in [0.05, 0.1) is 13.5 Å². The van der Waals surface area contributed by atoms with Crippen molar-refractivity contribution in [3.63, 3.8) is 0 Å². The van der Waals surface area contributed by atoms with Crippen LogP contribution in [0.3, 0.4) is 0 Å². The van der Waals surface area contributed by atoms with E-state index in [1.54, 1.807) is 12.2 Å². The van der Waals surface area contributed by atoms with E-state index in [0.717, 1.165) is 0 Å². The van der Waals surface area contributed by atoms with Crippen LogP contribution in [-0.2, 0) is 14.4 Å². The third-order valence-corrected chi connectivity index (χ3v) is 2.29. The highest BCUT2D eigenvalue weighted by Gasteiger charge is 2.49. The van der Waals surface area contributed by atoms with E-state index in [1.165, 1.54) is 24.3 Å². The molecule has 13 heavy (non-hydrogen) atoms. The lowest BCUT2D eigenvalue weighted by atomic mass is 9.83. The SMILES string of the molecule is CON1C(=O)CC12C=CC(=O)C=C2. The fourth-order valence-corrected chi connectivity index (χ4v) is 1.62. The highest BCUT2D eigenvalue weighted by molar-refractivity contribution is 6.02. The van der Waals surface area contributed by atoms with E-state index in [0.29, 0.717) is 6.42 Å². The number of nitrogens with zero attached hydrogens (tertiary/aromatic N) is 1. The summed E-state index contributed by atoms with van der Waals surface area (Å²) < 4.78 is 0. The van der Waals surface area contributed by atoms with E-state index in [1.807, 2.05) is 0 Å². The van der Waals surface area contributed by atoms with Crippen LogP contribution in [0, 0.1) is 0 Å². The van der Waals surface area contributed by atoms with Gasteiger partial charge in [0, 0.05) is 0 Å². The third kappa shape index (κ3) is 1.02. The smallest absolute Gasteiger partial charge is 0.250 e. The normalized spacial score (nSPS) is 23.9. The molecule has 0 N–H and O–H groups in total. The number of carbonyl (C=O) groups excluding carboxylic acids is 2. The Morgan fingerprint density at radius 2 is 2.00 bits per heavy atom. The Balaban J connectivity index is 2.25. The number of carbonyl (C=O) groups is 2. The Labute approximate surface area is 75.4 Å². The number of rotatable bonds is 1. The summed E-state index contributed by atoms with van der Waals surface area (Å²) in [5.74, 6) is -0.118. The van der Waals surface area contributed by atoms with Crippen molar-refractivity contribution in [2.75, 3.05) is 7.11 Å². The van der Waals surface area contributed by atoms with Gasteiger partial charge in [0.15, 0.2) is 5.78 Å². The monoisotopic (exact) mass is 179 g/mol. The molecule has 0 aromatic carbocycles. The molecule has 2 rings (SSSR count). The minimum atomic E-state index is -0.500. The minimum Gasteiger partial charge on any atom is -0.290 e. The fraction of sp³-hybridized carbons (Fsp3) is 0.333. The van der Waals surface area contributed by atoms with Gasteiger partial charge in [-0.3, -0.25) is 14.4 Å². The first-order valence-electron chi connectivity index (χ1n) is 3.97. The van der Waals surface area contributed by atoms with Crippen LogP contribution in [0.15, 0.2) is 24.3 Å². The molecule has 2 aliphatic rings. The maximum absolute atomic E-state index is 11.1. The summed E-state index contributed by atoms with van der Waals surface area (Å²) in [6.45, 7) is 0.